The molecule has 0 radical (unpaired) electrons. The van der Waals surface area contributed by atoms with Crippen LogP contribution in [0.15, 0.2) is 11.4 Å². The molecule has 0 aliphatic carbocycles. The molecule has 1 amide bonds. The average Bonchev–Trinajstić information content (AvgIpc) is 2.94. The number of amides is 1. The van der Waals surface area contributed by atoms with Gasteiger partial charge in [-0.05, 0) is 25.5 Å². The molecule has 100 valence electrons. The van der Waals surface area contributed by atoms with Crippen molar-refractivity contribution in [3.8, 4) is 0 Å². The number of aromatic nitrogens is 1. The van der Waals surface area contributed by atoms with Crippen LogP contribution in [-0.4, -0.2) is 22.0 Å². The minimum atomic E-state index is -1.06. The van der Waals surface area contributed by atoms with Gasteiger partial charge in [-0.25, -0.2) is 9.78 Å². The topological polar surface area (TPSA) is 79.3 Å². The first kappa shape index (κ1) is 13.7. The van der Waals surface area contributed by atoms with Crippen LogP contribution in [-0.2, 0) is 6.54 Å². The number of nitrogens with zero attached hydrogens (tertiary/aromatic N) is 1. The van der Waals surface area contributed by atoms with Crippen LogP contribution in [0, 0.1) is 13.8 Å². The van der Waals surface area contributed by atoms with Crippen molar-refractivity contribution in [2.75, 3.05) is 0 Å². The van der Waals surface area contributed by atoms with E-state index < -0.39 is 5.97 Å². The molecular formula is C12H12N2O3S2. The quantitative estimate of drug-likeness (QED) is 0.908. The van der Waals surface area contributed by atoms with Crippen molar-refractivity contribution in [3.05, 3.63) is 37.5 Å². The summed E-state index contributed by atoms with van der Waals surface area (Å²) in [5.41, 5.74) is 1.11. The van der Waals surface area contributed by atoms with Crippen LogP contribution in [0.4, 0.5) is 0 Å². The third kappa shape index (κ3) is 3.18. The highest BCUT2D eigenvalue weighted by Crippen LogP contribution is 2.20. The molecule has 2 aromatic rings. The Bertz CT molecular complexity index is 611. The fourth-order valence-corrected chi connectivity index (χ4v) is 3.08. The zero-order valence-corrected chi connectivity index (χ0v) is 12.0. The Labute approximate surface area is 117 Å². The fourth-order valence-electron chi connectivity index (χ4n) is 1.42. The second kappa shape index (κ2) is 5.50. The molecule has 2 N–H and O–H groups in total. The third-order valence-corrected chi connectivity index (χ3v) is 4.56. The molecule has 2 heterocycles. The Morgan fingerprint density at radius 2 is 2.16 bits per heavy atom. The minimum absolute atomic E-state index is 0.0112. The van der Waals surface area contributed by atoms with Gasteiger partial charge in [-0.15, -0.1) is 22.7 Å². The highest BCUT2D eigenvalue weighted by molar-refractivity contribution is 7.14. The minimum Gasteiger partial charge on any atom is -0.476 e. The van der Waals surface area contributed by atoms with Crippen molar-refractivity contribution < 1.29 is 14.7 Å². The van der Waals surface area contributed by atoms with Gasteiger partial charge in [-0.3, -0.25) is 4.79 Å². The van der Waals surface area contributed by atoms with Gasteiger partial charge in [-0.2, -0.15) is 0 Å². The summed E-state index contributed by atoms with van der Waals surface area (Å²) in [5.74, 6) is -1.22. The number of aromatic carboxylic acids is 1. The van der Waals surface area contributed by atoms with Crippen molar-refractivity contribution in [1.82, 2.24) is 10.3 Å². The monoisotopic (exact) mass is 296 g/mol. The van der Waals surface area contributed by atoms with Gasteiger partial charge in [0.2, 0.25) is 0 Å². The Morgan fingerprint density at radius 3 is 2.68 bits per heavy atom. The van der Waals surface area contributed by atoms with Gasteiger partial charge in [0, 0.05) is 10.3 Å². The zero-order valence-electron chi connectivity index (χ0n) is 10.4. The second-order valence-electron chi connectivity index (χ2n) is 3.96. The summed E-state index contributed by atoms with van der Waals surface area (Å²) in [6.45, 7) is 4.17. The molecular weight excluding hydrogens is 284 g/mol. The molecule has 2 aromatic heterocycles. The number of nitrogens with one attached hydrogen (secondary N) is 1. The lowest BCUT2D eigenvalue weighted by molar-refractivity contribution is 0.0691. The number of carboxylic acids is 1. The smallest absolute Gasteiger partial charge is 0.355 e. The number of carbonyl (C=O) groups excluding carboxylic acids is 1. The first-order chi connectivity index (χ1) is 8.97. The number of carbonyl (C=O) groups is 2. The van der Waals surface area contributed by atoms with E-state index in [0.717, 1.165) is 10.4 Å². The van der Waals surface area contributed by atoms with E-state index in [-0.39, 0.29) is 18.1 Å². The van der Waals surface area contributed by atoms with Crippen molar-refractivity contribution in [3.63, 3.8) is 0 Å². The lowest BCUT2D eigenvalue weighted by atomic mass is 10.3. The SMILES string of the molecule is Cc1cc(C(=O)NCc2nc(C(=O)O)cs2)sc1C. The van der Waals surface area contributed by atoms with Crippen molar-refractivity contribution >= 4 is 34.6 Å². The number of hydrogen-bond acceptors (Lipinski definition) is 5. The van der Waals surface area contributed by atoms with E-state index >= 15 is 0 Å². The summed E-state index contributed by atoms with van der Waals surface area (Å²) >= 11 is 2.66. The van der Waals surface area contributed by atoms with Gasteiger partial charge in [-0.1, -0.05) is 0 Å². The number of rotatable bonds is 4. The van der Waals surface area contributed by atoms with Gasteiger partial charge in [0.15, 0.2) is 5.69 Å². The van der Waals surface area contributed by atoms with Gasteiger partial charge >= 0.3 is 5.97 Å². The van der Waals surface area contributed by atoms with Crippen LogP contribution in [0.25, 0.3) is 0 Å². The number of thiazole rings is 1. The van der Waals surface area contributed by atoms with Crippen LogP contribution in [0.1, 0.15) is 35.6 Å². The van der Waals surface area contributed by atoms with Gasteiger partial charge < -0.3 is 10.4 Å². The molecule has 0 fully saturated rings. The van der Waals surface area contributed by atoms with Crippen molar-refractivity contribution in [1.29, 1.82) is 0 Å². The molecule has 0 atom stereocenters. The third-order valence-electron chi connectivity index (χ3n) is 2.56. The Hall–Kier alpha value is -1.73. The molecule has 0 bridgehead atoms. The molecule has 0 spiro atoms. The molecule has 0 aromatic carbocycles. The normalized spacial score (nSPS) is 10.4. The molecule has 2 rings (SSSR count). The van der Waals surface area contributed by atoms with Gasteiger partial charge in [0.1, 0.15) is 5.01 Å². The highest BCUT2D eigenvalue weighted by Gasteiger charge is 2.12. The number of aryl methyl sites for hydroxylation is 2. The summed E-state index contributed by atoms with van der Waals surface area (Å²) < 4.78 is 0. The van der Waals surface area contributed by atoms with Crippen molar-refractivity contribution in [2.45, 2.75) is 20.4 Å². The molecule has 0 saturated carbocycles. The Morgan fingerprint density at radius 1 is 1.42 bits per heavy atom. The predicted molar refractivity (Wildman–Crippen MR) is 74.0 cm³/mol. The van der Waals surface area contributed by atoms with E-state index in [1.54, 1.807) is 0 Å². The molecule has 0 saturated heterocycles. The predicted octanol–water partition coefficient (Wildman–Crippen LogP) is 2.45. The van der Waals surface area contributed by atoms with Crippen LogP contribution in [0.2, 0.25) is 0 Å². The molecule has 5 nitrogen and oxygen atoms in total. The second-order valence-corrected chi connectivity index (χ2v) is 6.16. The van der Waals surface area contributed by atoms with E-state index in [0.29, 0.717) is 9.88 Å². The van der Waals surface area contributed by atoms with E-state index in [1.807, 2.05) is 19.9 Å². The van der Waals surface area contributed by atoms with Crippen LogP contribution in [0.3, 0.4) is 0 Å². The molecule has 0 unspecified atom stereocenters. The van der Waals surface area contributed by atoms with Gasteiger partial charge in [0.05, 0.1) is 11.4 Å². The average molecular weight is 296 g/mol. The summed E-state index contributed by atoms with van der Waals surface area (Å²) in [4.78, 5) is 28.2. The summed E-state index contributed by atoms with van der Waals surface area (Å²) in [7, 11) is 0. The lowest BCUT2D eigenvalue weighted by Crippen LogP contribution is -2.21. The largest absolute Gasteiger partial charge is 0.476 e. The fraction of sp³-hybridized carbons (Fsp3) is 0.250. The standard InChI is InChI=1S/C12H12N2O3S2/c1-6-3-9(19-7(6)2)11(15)13-4-10-14-8(5-18-10)12(16)17/h3,5H,4H2,1-2H3,(H,13,15)(H,16,17). The van der Waals surface area contributed by atoms with E-state index in [9.17, 15) is 9.59 Å². The summed E-state index contributed by atoms with van der Waals surface area (Å²) in [5, 5.41) is 13.5. The van der Waals surface area contributed by atoms with Crippen LogP contribution < -0.4 is 5.32 Å². The molecule has 0 aliphatic rings. The van der Waals surface area contributed by atoms with Crippen LogP contribution >= 0.6 is 22.7 Å². The molecule has 7 heteroatoms. The van der Waals surface area contributed by atoms with Crippen LogP contribution in [0.5, 0.6) is 0 Å². The summed E-state index contributed by atoms with van der Waals surface area (Å²) in [6.07, 6.45) is 0. The first-order valence-corrected chi connectivity index (χ1v) is 7.20. The van der Waals surface area contributed by atoms with Crippen molar-refractivity contribution in [2.24, 2.45) is 0 Å². The van der Waals surface area contributed by atoms with Gasteiger partial charge in [0.25, 0.3) is 5.91 Å². The molecule has 0 aliphatic heterocycles. The maximum atomic E-state index is 11.9. The number of thiophene rings is 1. The summed E-state index contributed by atoms with van der Waals surface area (Å²) in [6, 6.07) is 1.85. The maximum absolute atomic E-state index is 11.9. The van der Waals surface area contributed by atoms with E-state index in [4.69, 9.17) is 5.11 Å². The highest BCUT2D eigenvalue weighted by atomic mass is 32.1. The Kier molecular flexibility index (Phi) is 3.96. The Balaban J connectivity index is 1.98. The van der Waals surface area contributed by atoms with E-state index in [2.05, 4.69) is 10.3 Å². The van der Waals surface area contributed by atoms with E-state index in [1.165, 1.54) is 28.1 Å². The molecule has 19 heavy (non-hydrogen) atoms. The lowest BCUT2D eigenvalue weighted by Gasteiger charge is -1.99. The first-order valence-electron chi connectivity index (χ1n) is 5.50. The maximum Gasteiger partial charge on any atom is 0.355 e. The zero-order chi connectivity index (χ0) is 14.0. The number of hydrogen-bond donors (Lipinski definition) is 2. The number of carboxylic acid groups (broad SMARTS) is 1.